The minimum absolute atomic E-state index is 0.0717. The van der Waals surface area contributed by atoms with Crippen LogP contribution in [0.2, 0.25) is 0 Å². The van der Waals surface area contributed by atoms with Gasteiger partial charge in [-0.2, -0.15) is 0 Å². The molecular formula is C13H23N5O2. The van der Waals surface area contributed by atoms with Crippen molar-refractivity contribution in [2.45, 2.75) is 46.0 Å². The van der Waals surface area contributed by atoms with E-state index in [1.165, 1.54) is 0 Å². The maximum Gasteiger partial charge on any atom is 0.290 e. The highest BCUT2D eigenvalue weighted by molar-refractivity contribution is 5.90. The van der Waals surface area contributed by atoms with Crippen LogP contribution in [-0.2, 0) is 10.2 Å². The summed E-state index contributed by atoms with van der Waals surface area (Å²) in [6, 6.07) is 0. The van der Waals surface area contributed by atoms with Crippen LogP contribution in [0.3, 0.4) is 0 Å². The predicted octanol–water partition coefficient (Wildman–Crippen LogP) is 0.748. The lowest BCUT2D eigenvalue weighted by molar-refractivity contribution is -0.120. The van der Waals surface area contributed by atoms with Crippen LogP contribution in [0.15, 0.2) is 0 Å². The zero-order valence-corrected chi connectivity index (χ0v) is 12.5. The van der Waals surface area contributed by atoms with Crippen LogP contribution in [0.5, 0.6) is 0 Å². The Balaban J connectivity index is 2.40. The Labute approximate surface area is 118 Å². The Morgan fingerprint density at radius 2 is 1.90 bits per heavy atom. The van der Waals surface area contributed by atoms with Gasteiger partial charge in [-0.15, -0.1) is 5.10 Å². The second kappa shape index (κ2) is 7.02. The van der Waals surface area contributed by atoms with E-state index < -0.39 is 0 Å². The summed E-state index contributed by atoms with van der Waals surface area (Å²) in [5, 5.41) is 12.0. The second-order valence-electron chi connectivity index (χ2n) is 5.61. The lowest BCUT2D eigenvalue weighted by atomic mass is 9.96. The van der Waals surface area contributed by atoms with E-state index in [-0.39, 0.29) is 36.0 Å². The van der Waals surface area contributed by atoms with Gasteiger partial charge in [-0.1, -0.05) is 27.7 Å². The van der Waals surface area contributed by atoms with Crippen molar-refractivity contribution in [1.29, 1.82) is 0 Å². The number of aromatic amines is 1. The second-order valence-corrected chi connectivity index (χ2v) is 5.61. The van der Waals surface area contributed by atoms with Gasteiger partial charge in [0.2, 0.25) is 11.7 Å². The van der Waals surface area contributed by atoms with Gasteiger partial charge in [0.05, 0.1) is 0 Å². The van der Waals surface area contributed by atoms with Gasteiger partial charge in [-0.25, -0.2) is 4.98 Å². The van der Waals surface area contributed by atoms with Gasteiger partial charge in [-0.3, -0.25) is 14.7 Å². The van der Waals surface area contributed by atoms with E-state index in [0.29, 0.717) is 12.4 Å². The summed E-state index contributed by atoms with van der Waals surface area (Å²) in [7, 11) is 0. The minimum atomic E-state index is -0.375. The predicted molar refractivity (Wildman–Crippen MR) is 75.3 cm³/mol. The van der Waals surface area contributed by atoms with Crippen LogP contribution in [-0.4, -0.2) is 40.1 Å². The molecule has 1 aromatic rings. The van der Waals surface area contributed by atoms with E-state index in [1.54, 1.807) is 0 Å². The molecule has 0 saturated heterocycles. The van der Waals surface area contributed by atoms with Crippen LogP contribution in [0.25, 0.3) is 0 Å². The largest absolute Gasteiger partial charge is 0.356 e. The fourth-order valence-corrected chi connectivity index (χ4v) is 1.42. The van der Waals surface area contributed by atoms with Crippen LogP contribution in [0.1, 0.15) is 57.0 Å². The number of nitrogens with zero attached hydrogens (tertiary/aromatic N) is 2. The smallest absolute Gasteiger partial charge is 0.290 e. The number of amides is 2. The van der Waals surface area contributed by atoms with Crippen LogP contribution < -0.4 is 10.6 Å². The van der Waals surface area contributed by atoms with Crippen LogP contribution >= 0.6 is 0 Å². The van der Waals surface area contributed by atoms with Gasteiger partial charge in [0.15, 0.2) is 0 Å². The molecule has 7 nitrogen and oxygen atoms in total. The third-order valence-corrected chi connectivity index (χ3v) is 2.61. The molecule has 20 heavy (non-hydrogen) atoms. The number of rotatable bonds is 6. The Morgan fingerprint density at radius 1 is 1.20 bits per heavy atom. The minimum Gasteiger partial charge on any atom is -0.356 e. The third kappa shape index (κ3) is 4.99. The molecule has 0 aromatic carbocycles. The molecule has 0 unspecified atom stereocenters. The first-order valence-corrected chi connectivity index (χ1v) is 6.82. The molecule has 1 rings (SSSR count). The third-order valence-electron chi connectivity index (χ3n) is 2.61. The average Bonchev–Trinajstić information content (AvgIpc) is 2.85. The highest BCUT2D eigenvalue weighted by Crippen LogP contribution is 2.17. The standard InChI is InChI=1S/C13H23N5O2/c1-5-7-14-9(19)6-8-15-11(20)10-16-12(18-17-10)13(2,3)4/h5-8H2,1-4H3,(H,14,19)(H,15,20)(H,16,17,18). The van der Waals surface area contributed by atoms with E-state index in [0.717, 1.165) is 6.42 Å². The molecule has 2 amide bonds. The van der Waals surface area contributed by atoms with E-state index in [1.807, 2.05) is 27.7 Å². The quantitative estimate of drug-likeness (QED) is 0.716. The van der Waals surface area contributed by atoms with Crippen molar-refractivity contribution in [3.63, 3.8) is 0 Å². The average molecular weight is 281 g/mol. The van der Waals surface area contributed by atoms with Crippen LogP contribution in [0, 0.1) is 0 Å². The van der Waals surface area contributed by atoms with Crippen LogP contribution in [0.4, 0.5) is 0 Å². The zero-order valence-electron chi connectivity index (χ0n) is 12.5. The van der Waals surface area contributed by atoms with Gasteiger partial charge in [0.25, 0.3) is 5.91 Å². The molecule has 0 radical (unpaired) electrons. The maximum atomic E-state index is 11.8. The molecule has 1 aromatic heterocycles. The molecule has 0 saturated carbocycles. The molecule has 0 aliphatic heterocycles. The van der Waals surface area contributed by atoms with Crippen molar-refractivity contribution in [3.05, 3.63) is 11.6 Å². The molecule has 7 heteroatoms. The molecule has 112 valence electrons. The first-order valence-electron chi connectivity index (χ1n) is 6.82. The molecule has 1 heterocycles. The summed E-state index contributed by atoms with van der Waals surface area (Å²) in [6.07, 6.45) is 1.15. The zero-order chi connectivity index (χ0) is 15.2. The van der Waals surface area contributed by atoms with Gasteiger partial charge < -0.3 is 10.6 Å². The fraction of sp³-hybridized carbons (Fsp3) is 0.692. The first-order chi connectivity index (χ1) is 9.34. The van der Waals surface area contributed by atoms with Crippen molar-refractivity contribution in [2.75, 3.05) is 13.1 Å². The van der Waals surface area contributed by atoms with E-state index in [9.17, 15) is 9.59 Å². The van der Waals surface area contributed by atoms with Crippen molar-refractivity contribution in [2.24, 2.45) is 0 Å². The summed E-state index contributed by atoms with van der Waals surface area (Å²) in [4.78, 5) is 27.3. The number of carbonyl (C=O) groups excluding carboxylic acids is 2. The normalized spacial score (nSPS) is 11.2. The summed E-state index contributed by atoms with van der Waals surface area (Å²) in [5.74, 6) is 0.310. The van der Waals surface area contributed by atoms with Gasteiger partial charge >= 0.3 is 0 Å². The molecule has 3 N–H and O–H groups in total. The molecule has 0 spiro atoms. The first kappa shape index (κ1) is 16.1. The van der Waals surface area contributed by atoms with Crippen molar-refractivity contribution in [3.8, 4) is 0 Å². The van der Waals surface area contributed by atoms with Crippen molar-refractivity contribution in [1.82, 2.24) is 25.8 Å². The molecular weight excluding hydrogens is 258 g/mol. The summed E-state index contributed by atoms with van der Waals surface area (Å²) in [5.41, 5.74) is -0.189. The topological polar surface area (TPSA) is 99.8 Å². The lowest BCUT2D eigenvalue weighted by Gasteiger charge is -2.12. The maximum absolute atomic E-state index is 11.8. The number of hydrogen-bond donors (Lipinski definition) is 3. The Bertz CT molecular complexity index is 462. The summed E-state index contributed by atoms with van der Waals surface area (Å²) in [6.45, 7) is 8.85. The number of hydrogen-bond acceptors (Lipinski definition) is 4. The molecule has 0 atom stereocenters. The Hall–Kier alpha value is -1.92. The summed E-state index contributed by atoms with van der Waals surface area (Å²) >= 11 is 0. The van der Waals surface area contributed by atoms with E-state index in [2.05, 4.69) is 25.8 Å². The van der Waals surface area contributed by atoms with Crippen molar-refractivity contribution < 1.29 is 9.59 Å². The van der Waals surface area contributed by atoms with E-state index in [4.69, 9.17) is 0 Å². The van der Waals surface area contributed by atoms with Crippen molar-refractivity contribution >= 4 is 11.8 Å². The number of H-pyrrole nitrogens is 1. The highest BCUT2D eigenvalue weighted by atomic mass is 16.2. The number of carbonyl (C=O) groups is 2. The van der Waals surface area contributed by atoms with E-state index >= 15 is 0 Å². The molecule has 0 aliphatic carbocycles. The Kier molecular flexibility index (Phi) is 5.66. The molecule has 0 aliphatic rings. The van der Waals surface area contributed by atoms with Gasteiger partial charge in [0, 0.05) is 24.9 Å². The van der Waals surface area contributed by atoms with Gasteiger partial charge in [-0.05, 0) is 6.42 Å². The molecule has 0 fully saturated rings. The number of nitrogens with one attached hydrogen (secondary N) is 3. The Morgan fingerprint density at radius 3 is 2.45 bits per heavy atom. The highest BCUT2D eigenvalue weighted by Gasteiger charge is 2.21. The molecule has 0 bridgehead atoms. The summed E-state index contributed by atoms with van der Waals surface area (Å²) < 4.78 is 0. The number of aromatic nitrogens is 3. The monoisotopic (exact) mass is 281 g/mol. The fourth-order valence-electron chi connectivity index (χ4n) is 1.42. The van der Waals surface area contributed by atoms with Gasteiger partial charge in [0.1, 0.15) is 5.82 Å². The SMILES string of the molecule is CCCNC(=O)CCNC(=O)c1n[nH]c(C(C)(C)C)n1. The lowest BCUT2D eigenvalue weighted by Crippen LogP contribution is -2.31.